The molecule has 2 rings (SSSR count). The van der Waals surface area contributed by atoms with Crippen molar-refractivity contribution in [2.24, 2.45) is 0 Å². The largest absolute Gasteiger partial charge is 0.354 e. The van der Waals surface area contributed by atoms with Crippen molar-refractivity contribution in [3.8, 4) is 0 Å². The quantitative estimate of drug-likeness (QED) is 0.693. The van der Waals surface area contributed by atoms with Gasteiger partial charge in [-0.3, -0.25) is 14.4 Å². The van der Waals surface area contributed by atoms with Gasteiger partial charge in [-0.1, -0.05) is 18.2 Å². The highest BCUT2D eigenvalue weighted by Gasteiger charge is 2.19. The molecule has 0 aromatic heterocycles. The molecule has 0 unspecified atom stereocenters. The normalized spacial score (nSPS) is 13.6. The minimum absolute atomic E-state index is 0.00399. The average Bonchev–Trinajstić information content (AvgIpc) is 2.58. The Morgan fingerprint density at radius 2 is 1.80 bits per heavy atom. The maximum Gasteiger partial charge on any atom is 0.253 e. The van der Waals surface area contributed by atoms with Crippen molar-refractivity contribution in [1.29, 1.82) is 0 Å². The summed E-state index contributed by atoms with van der Waals surface area (Å²) in [5.41, 5.74) is 0.629. The van der Waals surface area contributed by atoms with E-state index >= 15 is 0 Å². The van der Waals surface area contributed by atoms with Crippen molar-refractivity contribution < 1.29 is 14.4 Å². The molecule has 1 saturated carbocycles. The Balaban J connectivity index is 1.55. The summed E-state index contributed by atoms with van der Waals surface area (Å²) in [6, 6.07) is 9.37. The molecule has 0 bridgehead atoms. The molecule has 25 heavy (non-hydrogen) atoms. The highest BCUT2D eigenvalue weighted by Crippen LogP contribution is 2.18. The summed E-state index contributed by atoms with van der Waals surface area (Å²) >= 11 is 1.30. The molecule has 1 aliphatic rings. The van der Waals surface area contributed by atoms with Gasteiger partial charge in [-0.15, -0.1) is 11.8 Å². The second-order valence-corrected chi connectivity index (χ2v) is 7.12. The van der Waals surface area contributed by atoms with E-state index in [0.29, 0.717) is 30.4 Å². The van der Waals surface area contributed by atoms with E-state index in [0.717, 1.165) is 12.8 Å². The van der Waals surface area contributed by atoms with Crippen LogP contribution in [0.25, 0.3) is 0 Å². The van der Waals surface area contributed by atoms with Crippen LogP contribution in [0.15, 0.2) is 30.3 Å². The number of rotatable bonds is 9. The first-order chi connectivity index (χ1) is 12.1. The molecule has 0 spiro atoms. The van der Waals surface area contributed by atoms with E-state index in [2.05, 4.69) is 10.6 Å². The van der Waals surface area contributed by atoms with Crippen LogP contribution in [-0.2, 0) is 9.59 Å². The topological polar surface area (TPSA) is 78.5 Å². The van der Waals surface area contributed by atoms with Crippen molar-refractivity contribution >= 4 is 29.5 Å². The number of hydrogen-bond donors (Lipinski definition) is 2. The molecule has 0 heterocycles. The number of benzene rings is 1. The van der Waals surface area contributed by atoms with Gasteiger partial charge in [0.15, 0.2) is 0 Å². The first-order valence-electron chi connectivity index (χ1n) is 8.50. The average molecular weight is 363 g/mol. The van der Waals surface area contributed by atoms with Gasteiger partial charge in [0.1, 0.15) is 0 Å². The smallest absolute Gasteiger partial charge is 0.253 e. The molecule has 1 aromatic carbocycles. The minimum atomic E-state index is -0.123. The number of thioether (sulfide) groups is 1. The zero-order valence-electron chi connectivity index (χ0n) is 14.5. The molecule has 6 nitrogen and oxygen atoms in total. The van der Waals surface area contributed by atoms with E-state index in [1.54, 1.807) is 24.1 Å². The third-order valence-electron chi connectivity index (χ3n) is 4.07. The Hall–Kier alpha value is -2.02. The summed E-state index contributed by atoms with van der Waals surface area (Å²) in [5.74, 6) is 0.347. The van der Waals surface area contributed by atoms with Gasteiger partial charge in [0, 0.05) is 31.7 Å². The molecule has 1 fully saturated rings. The van der Waals surface area contributed by atoms with Gasteiger partial charge in [0.2, 0.25) is 11.8 Å². The minimum Gasteiger partial charge on any atom is -0.354 e. The zero-order valence-corrected chi connectivity index (χ0v) is 15.3. The van der Waals surface area contributed by atoms with Gasteiger partial charge in [0.25, 0.3) is 5.91 Å². The summed E-state index contributed by atoms with van der Waals surface area (Å²) in [7, 11) is 1.71. The molecular weight excluding hydrogens is 338 g/mol. The fraction of sp³-hybridized carbons (Fsp3) is 0.500. The number of carbonyl (C=O) groups is 3. The zero-order chi connectivity index (χ0) is 18.1. The van der Waals surface area contributed by atoms with Crippen molar-refractivity contribution in [3.63, 3.8) is 0 Å². The third kappa shape index (κ3) is 6.78. The van der Waals surface area contributed by atoms with Crippen molar-refractivity contribution in [3.05, 3.63) is 35.9 Å². The molecule has 0 aliphatic heterocycles. The Bertz CT molecular complexity index is 590. The molecule has 0 radical (unpaired) electrons. The first-order valence-corrected chi connectivity index (χ1v) is 9.66. The van der Waals surface area contributed by atoms with Crippen LogP contribution in [0.4, 0.5) is 0 Å². The summed E-state index contributed by atoms with van der Waals surface area (Å²) < 4.78 is 0. The summed E-state index contributed by atoms with van der Waals surface area (Å²) in [6.45, 7) is 0.828. The van der Waals surface area contributed by atoms with Crippen LogP contribution in [0, 0.1) is 0 Å². The van der Waals surface area contributed by atoms with Crippen LogP contribution in [0.2, 0.25) is 0 Å². The monoisotopic (exact) mass is 363 g/mol. The Morgan fingerprint density at radius 3 is 2.44 bits per heavy atom. The van der Waals surface area contributed by atoms with Gasteiger partial charge in [-0.05, 0) is 31.4 Å². The van der Waals surface area contributed by atoms with E-state index in [-0.39, 0.29) is 23.5 Å². The number of hydrogen-bond acceptors (Lipinski definition) is 4. The molecule has 0 atom stereocenters. The van der Waals surface area contributed by atoms with Crippen molar-refractivity contribution in [2.45, 2.75) is 25.3 Å². The van der Waals surface area contributed by atoms with E-state index in [1.165, 1.54) is 18.2 Å². The molecule has 2 N–H and O–H groups in total. The van der Waals surface area contributed by atoms with Crippen LogP contribution in [0.5, 0.6) is 0 Å². The van der Waals surface area contributed by atoms with E-state index in [9.17, 15) is 14.4 Å². The van der Waals surface area contributed by atoms with Crippen molar-refractivity contribution in [2.75, 3.05) is 31.6 Å². The number of nitrogens with zero attached hydrogens (tertiary/aromatic N) is 1. The summed E-state index contributed by atoms with van der Waals surface area (Å²) in [5, 5.41) is 5.71. The maximum absolute atomic E-state index is 12.1. The number of carbonyl (C=O) groups excluding carboxylic acids is 3. The molecule has 0 saturated heterocycles. The standard InChI is InChI=1S/C18H25N3O3S/c1-21(18(24)14-6-3-2-4-7-14)11-10-19-16(22)12-25-13-17(23)20-15-8-5-9-15/h2-4,6-7,15H,5,8-13H2,1H3,(H,19,22)(H,20,23). The second kappa shape index (κ2) is 10.1. The third-order valence-corrected chi connectivity index (χ3v) is 5.01. The second-order valence-electron chi connectivity index (χ2n) is 6.13. The van der Waals surface area contributed by atoms with E-state index < -0.39 is 0 Å². The molecule has 1 aromatic rings. The number of likely N-dealkylation sites (N-methyl/N-ethyl adjacent to an activating group) is 1. The predicted octanol–water partition coefficient (Wildman–Crippen LogP) is 1.28. The molecule has 1 aliphatic carbocycles. The van der Waals surface area contributed by atoms with Gasteiger partial charge in [-0.25, -0.2) is 0 Å². The Morgan fingerprint density at radius 1 is 1.12 bits per heavy atom. The van der Waals surface area contributed by atoms with Gasteiger partial charge < -0.3 is 15.5 Å². The Labute approximate surface area is 152 Å². The summed E-state index contributed by atoms with van der Waals surface area (Å²) in [6.07, 6.45) is 3.31. The van der Waals surface area contributed by atoms with Gasteiger partial charge >= 0.3 is 0 Å². The van der Waals surface area contributed by atoms with E-state index in [1.807, 2.05) is 18.2 Å². The number of nitrogens with one attached hydrogen (secondary N) is 2. The molecule has 136 valence electrons. The lowest BCUT2D eigenvalue weighted by Crippen LogP contribution is -2.40. The molecule has 7 heteroatoms. The number of amides is 3. The van der Waals surface area contributed by atoms with Gasteiger partial charge in [-0.2, -0.15) is 0 Å². The van der Waals surface area contributed by atoms with Crippen LogP contribution in [0.1, 0.15) is 29.6 Å². The van der Waals surface area contributed by atoms with Crippen LogP contribution >= 0.6 is 11.8 Å². The first kappa shape index (κ1) is 19.3. The maximum atomic E-state index is 12.1. The fourth-order valence-corrected chi connectivity index (χ4v) is 3.03. The Kier molecular flexibility index (Phi) is 7.78. The highest BCUT2D eigenvalue weighted by atomic mass is 32.2. The summed E-state index contributed by atoms with van der Waals surface area (Å²) in [4.78, 5) is 37.1. The van der Waals surface area contributed by atoms with Crippen LogP contribution in [0.3, 0.4) is 0 Å². The molecular formula is C18H25N3O3S. The lowest BCUT2D eigenvalue weighted by atomic mass is 9.93. The lowest BCUT2D eigenvalue weighted by molar-refractivity contribution is -0.119. The SMILES string of the molecule is CN(CCNC(=O)CSCC(=O)NC1CCC1)C(=O)c1ccccc1. The van der Waals surface area contributed by atoms with Crippen molar-refractivity contribution in [1.82, 2.24) is 15.5 Å². The lowest BCUT2D eigenvalue weighted by Gasteiger charge is -2.26. The van der Waals surface area contributed by atoms with Crippen LogP contribution in [-0.4, -0.2) is 60.3 Å². The predicted molar refractivity (Wildman–Crippen MR) is 99.5 cm³/mol. The fourth-order valence-electron chi connectivity index (χ4n) is 2.38. The highest BCUT2D eigenvalue weighted by molar-refractivity contribution is 8.00. The van der Waals surface area contributed by atoms with Crippen LogP contribution < -0.4 is 10.6 Å². The van der Waals surface area contributed by atoms with E-state index in [4.69, 9.17) is 0 Å². The molecule has 3 amide bonds. The van der Waals surface area contributed by atoms with Gasteiger partial charge in [0.05, 0.1) is 11.5 Å².